The van der Waals surface area contributed by atoms with Crippen molar-refractivity contribution in [3.8, 4) is 33.8 Å². The van der Waals surface area contributed by atoms with E-state index in [1.165, 1.54) is 65.9 Å². The van der Waals surface area contributed by atoms with E-state index in [1.807, 2.05) is 12.3 Å². The molecule has 1 aliphatic carbocycles. The van der Waals surface area contributed by atoms with Gasteiger partial charge in [0.15, 0.2) is 0 Å². The number of benzene rings is 7. The smallest absolute Gasteiger partial charge is 0.0972 e. The molecule has 0 atom stereocenters. The molecule has 0 spiro atoms. The first-order chi connectivity index (χ1) is 27.1. The van der Waals surface area contributed by atoms with Crippen molar-refractivity contribution in [1.82, 2.24) is 19.1 Å². The third kappa shape index (κ3) is 4.06. The Kier molecular flexibility index (Phi) is 6.09. The molecule has 0 aliphatic heterocycles. The van der Waals surface area contributed by atoms with Crippen LogP contribution in [0.3, 0.4) is 0 Å². The molecule has 55 heavy (non-hydrogen) atoms. The van der Waals surface area contributed by atoms with Crippen molar-refractivity contribution in [2.24, 2.45) is 0 Å². The van der Waals surface area contributed by atoms with Gasteiger partial charge in [-0.25, -0.2) is 4.98 Å². The number of rotatable bonds is 3. The van der Waals surface area contributed by atoms with Crippen LogP contribution in [-0.4, -0.2) is 19.1 Å². The molecule has 258 valence electrons. The van der Waals surface area contributed by atoms with Gasteiger partial charge in [-0.3, -0.25) is 4.98 Å². The SMILES string of the molecule is CC1(C)c2ccccc2-c2c1c1c(c3ccccc3n1-c1ccccc1)c1c2c2cc(-c3ccc4ccc5cccnc5c4n3)ccc2n1-c1ccccc1. The van der Waals surface area contributed by atoms with E-state index in [9.17, 15) is 0 Å². The van der Waals surface area contributed by atoms with E-state index in [0.29, 0.717) is 0 Å². The van der Waals surface area contributed by atoms with Crippen molar-refractivity contribution in [1.29, 1.82) is 0 Å². The minimum atomic E-state index is -0.258. The monoisotopic (exact) mass is 702 g/mol. The van der Waals surface area contributed by atoms with Gasteiger partial charge < -0.3 is 9.13 Å². The largest absolute Gasteiger partial charge is 0.309 e. The molecular weight excluding hydrogens is 669 g/mol. The molecule has 4 heteroatoms. The van der Waals surface area contributed by atoms with E-state index < -0.39 is 0 Å². The molecule has 1 aliphatic rings. The van der Waals surface area contributed by atoms with Crippen molar-refractivity contribution < 1.29 is 0 Å². The van der Waals surface area contributed by atoms with Crippen LogP contribution in [0.25, 0.3) is 99.2 Å². The lowest BCUT2D eigenvalue weighted by Gasteiger charge is -2.24. The van der Waals surface area contributed by atoms with Crippen molar-refractivity contribution >= 4 is 65.4 Å². The molecule has 0 unspecified atom stereocenters. The Morgan fingerprint density at radius 1 is 0.509 bits per heavy atom. The van der Waals surface area contributed by atoms with E-state index in [4.69, 9.17) is 9.97 Å². The van der Waals surface area contributed by atoms with Crippen molar-refractivity contribution in [3.63, 3.8) is 0 Å². The summed E-state index contributed by atoms with van der Waals surface area (Å²) in [6.45, 7) is 4.82. The van der Waals surface area contributed by atoms with Gasteiger partial charge >= 0.3 is 0 Å². The topological polar surface area (TPSA) is 35.6 Å². The molecule has 0 amide bonds. The number of para-hydroxylation sites is 3. The van der Waals surface area contributed by atoms with Crippen molar-refractivity contribution in [2.45, 2.75) is 19.3 Å². The molecule has 12 rings (SSSR count). The average molecular weight is 703 g/mol. The lowest BCUT2D eigenvalue weighted by Crippen LogP contribution is -2.16. The molecule has 0 fully saturated rings. The molecule has 0 saturated carbocycles. The summed E-state index contributed by atoms with van der Waals surface area (Å²) < 4.78 is 5.03. The summed E-state index contributed by atoms with van der Waals surface area (Å²) in [6.07, 6.45) is 1.86. The summed E-state index contributed by atoms with van der Waals surface area (Å²) in [4.78, 5) is 10.1. The molecule has 7 aromatic carbocycles. The molecule has 0 radical (unpaired) electrons. The van der Waals surface area contributed by atoms with Crippen LogP contribution in [0.1, 0.15) is 25.0 Å². The van der Waals surface area contributed by atoms with Gasteiger partial charge in [-0.2, -0.15) is 0 Å². The summed E-state index contributed by atoms with van der Waals surface area (Å²) in [5.74, 6) is 0. The zero-order chi connectivity index (χ0) is 36.4. The summed E-state index contributed by atoms with van der Waals surface area (Å²) in [5, 5.41) is 7.21. The van der Waals surface area contributed by atoms with Gasteiger partial charge in [0, 0.05) is 60.9 Å². The van der Waals surface area contributed by atoms with Crippen molar-refractivity contribution in [3.05, 3.63) is 181 Å². The first kappa shape index (κ1) is 30.4. The molecular formula is C51H34N4. The molecule has 4 nitrogen and oxygen atoms in total. The van der Waals surface area contributed by atoms with Gasteiger partial charge in [0.2, 0.25) is 0 Å². The number of hydrogen-bond acceptors (Lipinski definition) is 2. The quantitative estimate of drug-likeness (QED) is 0.172. The second kappa shape index (κ2) is 11.0. The summed E-state index contributed by atoms with van der Waals surface area (Å²) in [5.41, 5.74) is 16.1. The standard InChI is InChI=1S/C51H34N4/c1-51(2)39-21-11-9-19-36(39)43-44-38-30-33(40-27-25-32-24-23-31-14-13-29-52-47(31)48(32)53-40)26-28-42(38)54(34-15-5-3-6-16-34)49(44)45-37-20-10-12-22-41(37)55(50(45)46(43)51)35-17-7-4-8-18-35/h3-30H,1-2H3. The Labute approximate surface area is 317 Å². The van der Waals surface area contributed by atoms with E-state index >= 15 is 0 Å². The fraction of sp³-hybridized carbons (Fsp3) is 0.0588. The first-order valence-corrected chi connectivity index (χ1v) is 19.0. The molecule has 0 N–H and O–H groups in total. The molecule has 11 aromatic rings. The summed E-state index contributed by atoms with van der Waals surface area (Å²) >= 11 is 0. The third-order valence-electron chi connectivity index (χ3n) is 12.1. The lowest BCUT2D eigenvalue weighted by atomic mass is 9.81. The van der Waals surface area contributed by atoms with Crippen LogP contribution >= 0.6 is 0 Å². The Hall–Kier alpha value is -7.04. The maximum atomic E-state index is 5.31. The zero-order valence-electron chi connectivity index (χ0n) is 30.5. The van der Waals surface area contributed by atoms with Crippen LogP contribution < -0.4 is 0 Å². The van der Waals surface area contributed by atoms with E-state index in [2.05, 4.69) is 181 Å². The Bertz CT molecular complexity index is 3390. The Morgan fingerprint density at radius 3 is 1.96 bits per heavy atom. The number of aromatic nitrogens is 4. The van der Waals surface area contributed by atoms with Gasteiger partial charge in [0.1, 0.15) is 0 Å². The van der Waals surface area contributed by atoms with Crippen LogP contribution in [0, 0.1) is 0 Å². The zero-order valence-corrected chi connectivity index (χ0v) is 30.5. The Balaban J connectivity index is 1.31. The van der Waals surface area contributed by atoms with E-state index in [-0.39, 0.29) is 5.41 Å². The molecule has 4 aromatic heterocycles. The van der Waals surface area contributed by atoms with Gasteiger partial charge in [0.05, 0.1) is 38.8 Å². The number of hydrogen-bond donors (Lipinski definition) is 0. The van der Waals surface area contributed by atoms with E-state index in [1.54, 1.807) is 0 Å². The van der Waals surface area contributed by atoms with Crippen LogP contribution in [0.5, 0.6) is 0 Å². The highest BCUT2D eigenvalue weighted by atomic mass is 15.0. The minimum Gasteiger partial charge on any atom is -0.309 e. The van der Waals surface area contributed by atoms with Gasteiger partial charge in [-0.05, 0) is 76.9 Å². The summed E-state index contributed by atoms with van der Waals surface area (Å²) in [6, 6.07) is 59.4. The highest BCUT2D eigenvalue weighted by Gasteiger charge is 2.41. The normalized spacial score (nSPS) is 13.4. The number of fused-ring (bicyclic) bond motifs is 15. The average Bonchev–Trinajstić information content (AvgIpc) is 3.84. The van der Waals surface area contributed by atoms with Crippen molar-refractivity contribution in [2.75, 3.05) is 0 Å². The fourth-order valence-electron chi connectivity index (χ4n) is 9.73. The number of pyridine rings is 2. The maximum Gasteiger partial charge on any atom is 0.0972 e. The molecule has 0 saturated heterocycles. The Morgan fingerprint density at radius 2 is 1.16 bits per heavy atom. The molecule has 0 bridgehead atoms. The second-order valence-corrected chi connectivity index (χ2v) is 15.4. The van der Waals surface area contributed by atoms with Crippen LogP contribution in [0.4, 0.5) is 0 Å². The fourth-order valence-corrected chi connectivity index (χ4v) is 9.73. The van der Waals surface area contributed by atoms with Gasteiger partial charge in [-0.15, -0.1) is 0 Å². The molecule has 4 heterocycles. The maximum absolute atomic E-state index is 5.31. The summed E-state index contributed by atoms with van der Waals surface area (Å²) in [7, 11) is 0. The predicted octanol–water partition coefficient (Wildman–Crippen LogP) is 13.0. The van der Waals surface area contributed by atoms with E-state index in [0.717, 1.165) is 44.4 Å². The van der Waals surface area contributed by atoms with Gasteiger partial charge in [-0.1, -0.05) is 123 Å². The first-order valence-electron chi connectivity index (χ1n) is 19.0. The predicted molar refractivity (Wildman–Crippen MR) is 229 cm³/mol. The lowest BCUT2D eigenvalue weighted by molar-refractivity contribution is 0.664. The highest BCUT2D eigenvalue weighted by molar-refractivity contribution is 6.32. The minimum absolute atomic E-state index is 0.258. The van der Waals surface area contributed by atoms with Crippen LogP contribution in [0.2, 0.25) is 0 Å². The van der Waals surface area contributed by atoms with Gasteiger partial charge in [0.25, 0.3) is 0 Å². The van der Waals surface area contributed by atoms with Crippen LogP contribution in [-0.2, 0) is 5.41 Å². The van der Waals surface area contributed by atoms with Crippen LogP contribution in [0.15, 0.2) is 170 Å². The second-order valence-electron chi connectivity index (χ2n) is 15.4. The highest BCUT2D eigenvalue weighted by Crippen LogP contribution is 2.58. The number of nitrogens with zero attached hydrogens (tertiary/aromatic N) is 4. The third-order valence-corrected chi connectivity index (χ3v) is 12.1.